The second-order valence-electron chi connectivity index (χ2n) is 4.12. The van der Waals surface area contributed by atoms with Crippen LogP contribution in [-0.2, 0) is 4.79 Å². The van der Waals surface area contributed by atoms with E-state index in [4.69, 9.17) is 5.73 Å². The predicted octanol–water partition coefficient (Wildman–Crippen LogP) is 2.32. The molecule has 94 valence electrons. The number of anilines is 1. The average molecular weight is 252 g/mol. The normalized spacial score (nSPS) is 12.2. The van der Waals surface area contributed by atoms with E-state index in [1.54, 1.807) is 11.8 Å². The van der Waals surface area contributed by atoms with Crippen molar-refractivity contribution in [3.05, 3.63) is 29.3 Å². The van der Waals surface area contributed by atoms with Gasteiger partial charge in [-0.15, -0.1) is 0 Å². The molecule has 1 rings (SSSR count). The van der Waals surface area contributed by atoms with Crippen LogP contribution in [0.5, 0.6) is 0 Å². The predicted molar refractivity (Wildman–Crippen MR) is 75.5 cm³/mol. The molecule has 3 N–H and O–H groups in total. The third-order valence-corrected chi connectivity index (χ3v) is 3.48. The van der Waals surface area contributed by atoms with Crippen LogP contribution in [0.4, 0.5) is 5.69 Å². The first-order chi connectivity index (χ1) is 8.06. The summed E-state index contributed by atoms with van der Waals surface area (Å²) in [6, 6.07) is 5.44. The number of rotatable bonds is 5. The van der Waals surface area contributed by atoms with Gasteiger partial charge >= 0.3 is 0 Å². The number of amides is 1. The molecule has 0 heterocycles. The van der Waals surface area contributed by atoms with Crippen LogP contribution >= 0.6 is 11.8 Å². The van der Waals surface area contributed by atoms with Crippen molar-refractivity contribution in [3.8, 4) is 0 Å². The van der Waals surface area contributed by atoms with Crippen molar-refractivity contribution in [1.29, 1.82) is 0 Å². The second-order valence-corrected chi connectivity index (χ2v) is 5.11. The molecule has 0 saturated heterocycles. The summed E-state index contributed by atoms with van der Waals surface area (Å²) in [7, 11) is 0. The fourth-order valence-electron chi connectivity index (χ4n) is 1.49. The number of nitrogens with one attached hydrogen (secondary N) is 1. The van der Waals surface area contributed by atoms with Crippen molar-refractivity contribution < 1.29 is 4.79 Å². The minimum atomic E-state index is -0.428. The van der Waals surface area contributed by atoms with Crippen LogP contribution in [0.2, 0.25) is 0 Å². The highest BCUT2D eigenvalue weighted by Gasteiger charge is 2.13. The standard InChI is InChI=1S/C13H20N2OS/c1-9-5-4-6-12(10(9)2)15-13(16)11(14)7-8-17-3/h4-6,11H,7-8,14H2,1-3H3,(H,15,16)/t11-/m1/s1. The maximum Gasteiger partial charge on any atom is 0.241 e. The zero-order valence-corrected chi connectivity index (χ0v) is 11.4. The molecule has 0 radical (unpaired) electrons. The number of hydrogen-bond acceptors (Lipinski definition) is 3. The van der Waals surface area contributed by atoms with Gasteiger partial charge in [0.15, 0.2) is 0 Å². The van der Waals surface area contributed by atoms with Gasteiger partial charge < -0.3 is 11.1 Å². The Labute approximate surface area is 107 Å². The topological polar surface area (TPSA) is 55.1 Å². The van der Waals surface area contributed by atoms with Crippen LogP contribution in [-0.4, -0.2) is 24.0 Å². The maximum absolute atomic E-state index is 11.8. The number of aryl methyl sites for hydroxylation is 1. The van der Waals surface area contributed by atoms with Gasteiger partial charge in [0.2, 0.25) is 5.91 Å². The minimum Gasteiger partial charge on any atom is -0.324 e. The molecule has 1 atom stereocenters. The van der Waals surface area contributed by atoms with Crippen molar-refractivity contribution in [3.63, 3.8) is 0 Å². The summed E-state index contributed by atoms with van der Waals surface area (Å²) >= 11 is 1.70. The van der Waals surface area contributed by atoms with Gasteiger partial charge in [0, 0.05) is 5.69 Å². The smallest absolute Gasteiger partial charge is 0.241 e. The van der Waals surface area contributed by atoms with E-state index in [0.717, 1.165) is 17.0 Å². The van der Waals surface area contributed by atoms with Crippen LogP contribution in [0.1, 0.15) is 17.5 Å². The Bertz CT molecular complexity index is 393. The monoisotopic (exact) mass is 252 g/mol. The van der Waals surface area contributed by atoms with Gasteiger partial charge in [0.25, 0.3) is 0 Å². The van der Waals surface area contributed by atoms with Crippen molar-refractivity contribution >= 4 is 23.4 Å². The number of thioether (sulfide) groups is 1. The number of nitrogens with two attached hydrogens (primary N) is 1. The number of benzene rings is 1. The van der Waals surface area contributed by atoms with Gasteiger partial charge in [0.1, 0.15) is 0 Å². The Morgan fingerprint density at radius 3 is 2.82 bits per heavy atom. The summed E-state index contributed by atoms with van der Waals surface area (Å²) in [6.45, 7) is 4.02. The highest BCUT2D eigenvalue weighted by atomic mass is 32.2. The molecule has 0 unspecified atom stereocenters. The van der Waals surface area contributed by atoms with Gasteiger partial charge in [0.05, 0.1) is 6.04 Å². The van der Waals surface area contributed by atoms with Crippen LogP contribution in [0.3, 0.4) is 0 Å². The first kappa shape index (κ1) is 14.1. The van der Waals surface area contributed by atoms with E-state index >= 15 is 0 Å². The summed E-state index contributed by atoms with van der Waals surface area (Å²) in [5, 5.41) is 2.89. The molecule has 0 aromatic heterocycles. The Hall–Kier alpha value is -1.00. The van der Waals surface area contributed by atoms with Crippen LogP contribution in [0, 0.1) is 13.8 Å². The van der Waals surface area contributed by atoms with Crippen molar-refractivity contribution in [2.45, 2.75) is 26.3 Å². The van der Waals surface area contributed by atoms with Crippen molar-refractivity contribution in [2.75, 3.05) is 17.3 Å². The molecule has 0 aliphatic carbocycles. The summed E-state index contributed by atoms with van der Waals surface area (Å²) in [5.41, 5.74) is 8.93. The van der Waals surface area contributed by atoms with E-state index in [1.165, 1.54) is 5.56 Å². The number of carbonyl (C=O) groups excluding carboxylic acids is 1. The average Bonchev–Trinajstić information content (AvgIpc) is 2.31. The molecule has 0 aliphatic heterocycles. The first-order valence-electron chi connectivity index (χ1n) is 5.68. The molecule has 1 aromatic rings. The molecular formula is C13H20N2OS. The van der Waals surface area contributed by atoms with E-state index in [-0.39, 0.29) is 5.91 Å². The highest BCUT2D eigenvalue weighted by Crippen LogP contribution is 2.18. The fraction of sp³-hybridized carbons (Fsp3) is 0.462. The lowest BCUT2D eigenvalue weighted by atomic mass is 10.1. The van der Waals surface area contributed by atoms with Gasteiger partial charge in [-0.05, 0) is 49.5 Å². The Balaban J connectivity index is 2.64. The molecule has 0 saturated carbocycles. The maximum atomic E-state index is 11.8. The molecule has 3 nitrogen and oxygen atoms in total. The van der Waals surface area contributed by atoms with E-state index in [0.29, 0.717) is 6.42 Å². The van der Waals surface area contributed by atoms with Crippen LogP contribution in [0.15, 0.2) is 18.2 Å². The summed E-state index contributed by atoms with van der Waals surface area (Å²) in [4.78, 5) is 11.8. The Kier molecular flexibility index (Phi) is 5.51. The van der Waals surface area contributed by atoms with Crippen molar-refractivity contribution in [2.24, 2.45) is 5.73 Å². The lowest BCUT2D eigenvalue weighted by Gasteiger charge is -2.14. The Morgan fingerprint density at radius 1 is 1.47 bits per heavy atom. The van der Waals surface area contributed by atoms with Crippen LogP contribution in [0.25, 0.3) is 0 Å². The fourth-order valence-corrected chi connectivity index (χ4v) is 1.98. The summed E-state index contributed by atoms with van der Waals surface area (Å²) < 4.78 is 0. The third kappa shape index (κ3) is 4.06. The lowest BCUT2D eigenvalue weighted by molar-refractivity contribution is -0.117. The first-order valence-corrected chi connectivity index (χ1v) is 7.07. The SMILES string of the molecule is CSCC[C@@H](N)C(=O)Nc1cccc(C)c1C. The molecule has 1 amide bonds. The summed E-state index contributed by atoms with van der Waals surface area (Å²) in [6.07, 6.45) is 2.72. The quantitative estimate of drug-likeness (QED) is 0.845. The third-order valence-electron chi connectivity index (χ3n) is 2.83. The Morgan fingerprint density at radius 2 is 2.18 bits per heavy atom. The zero-order chi connectivity index (χ0) is 12.8. The van der Waals surface area contributed by atoms with Crippen molar-refractivity contribution in [1.82, 2.24) is 0 Å². The van der Waals surface area contributed by atoms with E-state index in [9.17, 15) is 4.79 Å². The molecule has 17 heavy (non-hydrogen) atoms. The molecule has 0 bridgehead atoms. The molecule has 4 heteroatoms. The lowest BCUT2D eigenvalue weighted by Crippen LogP contribution is -2.36. The molecule has 0 aliphatic rings. The number of hydrogen-bond donors (Lipinski definition) is 2. The molecular weight excluding hydrogens is 232 g/mol. The van der Waals surface area contributed by atoms with Gasteiger partial charge in [-0.2, -0.15) is 11.8 Å². The van der Waals surface area contributed by atoms with E-state index < -0.39 is 6.04 Å². The van der Waals surface area contributed by atoms with Gasteiger partial charge in [-0.1, -0.05) is 12.1 Å². The zero-order valence-electron chi connectivity index (χ0n) is 10.6. The van der Waals surface area contributed by atoms with Gasteiger partial charge in [-0.3, -0.25) is 4.79 Å². The van der Waals surface area contributed by atoms with E-state index in [1.807, 2.05) is 38.3 Å². The molecule has 0 fully saturated rings. The highest BCUT2D eigenvalue weighted by molar-refractivity contribution is 7.98. The molecule has 1 aromatic carbocycles. The minimum absolute atomic E-state index is 0.104. The second kappa shape index (κ2) is 6.67. The van der Waals surface area contributed by atoms with Crippen LogP contribution < -0.4 is 11.1 Å². The largest absolute Gasteiger partial charge is 0.324 e. The van der Waals surface area contributed by atoms with Gasteiger partial charge in [-0.25, -0.2) is 0 Å². The van der Waals surface area contributed by atoms with E-state index in [2.05, 4.69) is 5.32 Å². The number of carbonyl (C=O) groups is 1. The molecule has 0 spiro atoms. The summed E-state index contributed by atoms with van der Waals surface area (Å²) in [5.74, 6) is 0.800.